The van der Waals surface area contributed by atoms with Gasteiger partial charge >= 0.3 is 0 Å². The smallest absolute Gasteiger partial charge is 0.195 e. The molecular formula is C17H19ClFN3O. The van der Waals surface area contributed by atoms with Gasteiger partial charge in [-0.3, -0.25) is 4.99 Å². The molecule has 0 atom stereocenters. The predicted octanol–water partition coefficient (Wildman–Crippen LogP) is 3.22. The highest BCUT2D eigenvalue weighted by Crippen LogP contribution is 2.20. The molecule has 6 heteroatoms. The van der Waals surface area contributed by atoms with Gasteiger partial charge in [0.15, 0.2) is 5.96 Å². The number of benzene rings is 2. The first-order chi connectivity index (χ1) is 10.7. The van der Waals surface area contributed by atoms with Crippen LogP contribution in [-0.2, 0) is 6.42 Å². The zero-order valence-corrected chi connectivity index (χ0v) is 13.6. The second kappa shape index (κ2) is 7.83. The second-order valence-corrected chi connectivity index (χ2v) is 5.11. The number of methoxy groups -OCH3 is 1. The Morgan fingerprint density at radius 2 is 2.00 bits per heavy atom. The Hall–Kier alpha value is -2.27. The molecule has 23 heavy (non-hydrogen) atoms. The molecule has 0 bridgehead atoms. The zero-order valence-electron chi connectivity index (χ0n) is 12.8. The third-order valence-electron chi connectivity index (χ3n) is 3.55. The predicted molar refractivity (Wildman–Crippen MR) is 93.4 cm³/mol. The lowest BCUT2D eigenvalue weighted by Crippen LogP contribution is -2.26. The van der Waals surface area contributed by atoms with Crippen molar-refractivity contribution in [1.29, 1.82) is 0 Å². The van der Waals surface area contributed by atoms with Crippen LogP contribution in [0.2, 0.25) is 0 Å². The van der Waals surface area contributed by atoms with Gasteiger partial charge in [-0.2, -0.15) is 0 Å². The molecule has 122 valence electrons. The first-order valence-corrected chi connectivity index (χ1v) is 7.21. The Labute approximate surface area is 141 Å². The van der Waals surface area contributed by atoms with Gasteiger partial charge in [0.05, 0.1) is 13.7 Å². The molecule has 0 radical (unpaired) electrons. The molecule has 0 aromatic heterocycles. The minimum absolute atomic E-state index is 0. The quantitative estimate of drug-likeness (QED) is 0.901. The molecule has 0 saturated heterocycles. The molecule has 3 rings (SSSR count). The van der Waals surface area contributed by atoms with E-state index in [-0.39, 0.29) is 18.2 Å². The van der Waals surface area contributed by atoms with Crippen molar-refractivity contribution in [2.24, 2.45) is 4.99 Å². The van der Waals surface area contributed by atoms with Gasteiger partial charge in [0, 0.05) is 24.7 Å². The van der Waals surface area contributed by atoms with Crippen LogP contribution in [0.15, 0.2) is 47.5 Å². The van der Waals surface area contributed by atoms with Crippen LogP contribution in [0, 0.1) is 5.82 Å². The van der Waals surface area contributed by atoms with Crippen molar-refractivity contribution in [1.82, 2.24) is 5.32 Å². The number of nitrogens with zero attached hydrogens (tertiary/aromatic N) is 1. The summed E-state index contributed by atoms with van der Waals surface area (Å²) in [6.07, 6.45) is 0.551. The number of halogens is 2. The van der Waals surface area contributed by atoms with Gasteiger partial charge in [-0.15, -0.1) is 12.4 Å². The van der Waals surface area contributed by atoms with Crippen LogP contribution < -0.4 is 15.4 Å². The number of guanidine groups is 1. The van der Waals surface area contributed by atoms with Crippen molar-refractivity contribution >= 4 is 24.1 Å². The lowest BCUT2D eigenvalue weighted by Gasteiger charge is -2.09. The van der Waals surface area contributed by atoms with Gasteiger partial charge in [0.2, 0.25) is 0 Å². The molecule has 0 saturated carbocycles. The van der Waals surface area contributed by atoms with E-state index in [0.29, 0.717) is 17.7 Å². The summed E-state index contributed by atoms with van der Waals surface area (Å²) in [5.41, 5.74) is 2.67. The highest BCUT2D eigenvalue weighted by Gasteiger charge is 2.07. The number of aliphatic imine (C=N–C) groups is 1. The fourth-order valence-corrected chi connectivity index (χ4v) is 2.34. The highest BCUT2D eigenvalue weighted by atomic mass is 35.5. The van der Waals surface area contributed by atoms with E-state index in [2.05, 4.69) is 15.6 Å². The molecule has 1 heterocycles. The summed E-state index contributed by atoms with van der Waals surface area (Å²) >= 11 is 0. The molecular weight excluding hydrogens is 317 g/mol. The summed E-state index contributed by atoms with van der Waals surface area (Å²) in [6.45, 7) is 1.67. The van der Waals surface area contributed by atoms with Gasteiger partial charge in [-0.25, -0.2) is 4.39 Å². The van der Waals surface area contributed by atoms with E-state index in [1.165, 1.54) is 13.2 Å². The first-order valence-electron chi connectivity index (χ1n) is 7.21. The first kappa shape index (κ1) is 17.1. The van der Waals surface area contributed by atoms with Crippen molar-refractivity contribution in [3.8, 4) is 5.75 Å². The van der Waals surface area contributed by atoms with Crippen molar-refractivity contribution in [2.75, 3.05) is 25.5 Å². The summed E-state index contributed by atoms with van der Waals surface area (Å²) in [6, 6.07) is 12.9. The highest BCUT2D eigenvalue weighted by molar-refractivity contribution is 5.94. The van der Waals surface area contributed by atoms with Crippen molar-refractivity contribution in [3.05, 3.63) is 59.4 Å². The van der Waals surface area contributed by atoms with E-state index >= 15 is 0 Å². The lowest BCUT2D eigenvalue weighted by molar-refractivity contribution is 0.411. The van der Waals surface area contributed by atoms with Crippen LogP contribution >= 0.6 is 12.4 Å². The maximum Gasteiger partial charge on any atom is 0.195 e. The number of hydrogen-bond donors (Lipinski definition) is 2. The number of anilines is 1. The van der Waals surface area contributed by atoms with Gasteiger partial charge in [0.25, 0.3) is 0 Å². The van der Waals surface area contributed by atoms with E-state index in [0.717, 1.165) is 30.3 Å². The molecule has 1 aliphatic heterocycles. The average Bonchev–Trinajstić information content (AvgIpc) is 3.04. The van der Waals surface area contributed by atoms with E-state index in [1.807, 2.05) is 24.3 Å². The van der Waals surface area contributed by atoms with Crippen LogP contribution in [-0.4, -0.2) is 26.2 Å². The van der Waals surface area contributed by atoms with Crippen LogP contribution in [0.3, 0.4) is 0 Å². The van der Waals surface area contributed by atoms with Crippen molar-refractivity contribution < 1.29 is 9.13 Å². The van der Waals surface area contributed by atoms with Gasteiger partial charge in [-0.1, -0.05) is 18.2 Å². The summed E-state index contributed by atoms with van der Waals surface area (Å²) in [5, 5.41) is 6.36. The van der Waals surface area contributed by atoms with Crippen LogP contribution in [0.1, 0.15) is 11.1 Å². The molecule has 2 N–H and O–H groups in total. The van der Waals surface area contributed by atoms with E-state index in [1.54, 1.807) is 12.1 Å². The molecule has 1 aliphatic rings. The molecule has 2 aromatic rings. The number of rotatable bonds is 4. The minimum Gasteiger partial charge on any atom is -0.497 e. The fourth-order valence-electron chi connectivity index (χ4n) is 2.34. The molecule has 0 amide bonds. The monoisotopic (exact) mass is 335 g/mol. The lowest BCUT2D eigenvalue weighted by atomic mass is 10.0. The SMILES string of the molecule is COc1ccc(Cc2ccc(NC3=NCCN3)cc2)c(F)c1.Cl. The summed E-state index contributed by atoms with van der Waals surface area (Å²) in [7, 11) is 1.53. The largest absolute Gasteiger partial charge is 0.497 e. The van der Waals surface area contributed by atoms with Crippen LogP contribution in [0.5, 0.6) is 5.75 Å². The van der Waals surface area contributed by atoms with Crippen molar-refractivity contribution in [2.45, 2.75) is 6.42 Å². The summed E-state index contributed by atoms with van der Waals surface area (Å²) in [4.78, 5) is 4.28. The van der Waals surface area contributed by atoms with Gasteiger partial charge in [-0.05, 0) is 29.3 Å². The number of nitrogens with one attached hydrogen (secondary N) is 2. The summed E-state index contributed by atoms with van der Waals surface area (Å²) < 4.78 is 19.0. The van der Waals surface area contributed by atoms with Crippen LogP contribution in [0.4, 0.5) is 10.1 Å². The van der Waals surface area contributed by atoms with E-state index < -0.39 is 0 Å². The fraction of sp³-hybridized carbons (Fsp3) is 0.235. The number of ether oxygens (including phenoxy) is 1. The maximum atomic E-state index is 14.0. The second-order valence-electron chi connectivity index (χ2n) is 5.11. The molecule has 0 aliphatic carbocycles. The third kappa shape index (κ3) is 4.36. The Kier molecular flexibility index (Phi) is 5.82. The minimum atomic E-state index is -0.244. The molecule has 0 fully saturated rings. The molecule has 2 aromatic carbocycles. The third-order valence-corrected chi connectivity index (χ3v) is 3.55. The number of hydrogen-bond acceptors (Lipinski definition) is 4. The zero-order chi connectivity index (χ0) is 15.4. The van der Waals surface area contributed by atoms with Crippen LogP contribution in [0.25, 0.3) is 0 Å². The van der Waals surface area contributed by atoms with Gasteiger partial charge < -0.3 is 15.4 Å². The standard InChI is InChI=1S/C17H18FN3O.ClH/c1-22-15-7-4-13(16(18)11-15)10-12-2-5-14(6-3-12)21-17-19-8-9-20-17;/h2-7,11H,8-10H2,1H3,(H2,19,20,21);1H. The molecule has 4 nitrogen and oxygen atoms in total. The Morgan fingerprint density at radius 3 is 2.61 bits per heavy atom. The average molecular weight is 336 g/mol. The van der Waals surface area contributed by atoms with E-state index in [9.17, 15) is 4.39 Å². The Bertz CT molecular complexity index is 689. The normalized spacial score (nSPS) is 12.9. The topological polar surface area (TPSA) is 45.6 Å². The molecule has 0 spiro atoms. The van der Waals surface area contributed by atoms with Crippen molar-refractivity contribution in [3.63, 3.8) is 0 Å². The molecule has 0 unspecified atom stereocenters. The summed E-state index contributed by atoms with van der Waals surface area (Å²) in [5.74, 6) is 1.09. The Morgan fingerprint density at radius 1 is 1.22 bits per heavy atom. The Balaban J connectivity index is 0.00000192. The van der Waals surface area contributed by atoms with Gasteiger partial charge in [0.1, 0.15) is 11.6 Å². The van der Waals surface area contributed by atoms with E-state index in [4.69, 9.17) is 4.74 Å². The maximum absolute atomic E-state index is 14.0.